The first-order valence-electron chi connectivity index (χ1n) is 11.0. The number of benzene rings is 1. The molecule has 2 N–H and O–H groups in total. The van der Waals surface area contributed by atoms with Gasteiger partial charge in [-0.15, -0.1) is 0 Å². The van der Waals surface area contributed by atoms with E-state index in [0.717, 1.165) is 69.1 Å². The standard InChI is InChI=1S/C23H39N5O2/c1-18(2)30-16-15-28-13-10-21(11-14-28)26-23(24-3)25-12-9-19-7-6-8-20(17-19)22(29)27(4)5/h6-8,17-18,21H,9-16H2,1-5H3,(H2,24,25,26). The first kappa shape index (κ1) is 24.2. The van der Waals surface area contributed by atoms with Gasteiger partial charge in [0.25, 0.3) is 5.91 Å². The van der Waals surface area contributed by atoms with Gasteiger partial charge in [0, 0.05) is 58.9 Å². The van der Waals surface area contributed by atoms with Gasteiger partial charge < -0.3 is 25.2 Å². The number of hydrogen-bond acceptors (Lipinski definition) is 4. The molecule has 0 bridgehead atoms. The molecule has 0 unspecified atom stereocenters. The van der Waals surface area contributed by atoms with E-state index in [4.69, 9.17) is 4.74 Å². The minimum Gasteiger partial charge on any atom is -0.377 e. The van der Waals surface area contributed by atoms with Gasteiger partial charge in [-0.3, -0.25) is 9.79 Å². The van der Waals surface area contributed by atoms with Crippen LogP contribution in [-0.4, -0.2) is 87.7 Å². The summed E-state index contributed by atoms with van der Waals surface area (Å²) in [5.74, 6) is 0.876. The van der Waals surface area contributed by atoms with Crippen molar-refractivity contribution in [3.63, 3.8) is 0 Å². The lowest BCUT2D eigenvalue weighted by Gasteiger charge is -2.33. The molecular formula is C23H39N5O2. The monoisotopic (exact) mass is 417 g/mol. The number of ether oxygens (including phenoxy) is 1. The number of nitrogens with zero attached hydrogens (tertiary/aromatic N) is 3. The highest BCUT2D eigenvalue weighted by Gasteiger charge is 2.19. The quantitative estimate of drug-likeness (QED) is 0.475. The first-order chi connectivity index (χ1) is 14.4. The summed E-state index contributed by atoms with van der Waals surface area (Å²) in [5, 5.41) is 6.96. The molecule has 30 heavy (non-hydrogen) atoms. The minimum atomic E-state index is 0.0318. The van der Waals surface area contributed by atoms with Crippen molar-refractivity contribution in [2.24, 2.45) is 4.99 Å². The molecule has 1 amide bonds. The number of piperidine rings is 1. The van der Waals surface area contributed by atoms with Crippen LogP contribution < -0.4 is 10.6 Å². The summed E-state index contributed by atoms with van der Waals surface area (Å²) in [6.45, 7) is 8.91. The molecule has 168 valence electrons. The Hall–Kier alpha value is -2.12. The fourth-order valence-corrected chi connectivity index (χ4v) is 3.55. The van der Waals surface area contributed by atoms with Crippen molar-refractivity contribution in [2.75, 3.05) is 53.9 Å². The normalized spacial score (nSPS) is 16.0. The highest BCUT2D eigenvalue weighted by molar-refractivity contribution is 5.94. The Morgan fingerprint density at radius 2 is 2.03 bits per heavy atom. The van der Waals surface area contributed by atoms with Crippen molar-refractivity contribution in [3.05, 3.63) is 35.4 Å². The van der Waals surface area contributed by atoms with Gasteiger partial charge in [0.2, 0.25) is 0 Å². The van der Waals surface area contributed by atoms with Crippen LogP contribution in [0.2, 0.25) is 0 Å². The fourth-order valence-electron chi connectivity index (χ4n) is 3.55. The number of nitrogens with one attached hydrogen (secondary N) is 2. The molecule has 0 aromatic heterocycles. The van der Waals surface area contributed by atoms with Crippen molar-refractivity contribution < 1.29 is 9.53 Å². The van der Waals surface area contributed by atoms with E-state index in [1.807, 2.05) is 25.2 Å². The van der Waals surface area contributed by atoms with Gasteiger partial charge in [-0.1, -0.05) is 12.1 Å². The van der Waals surface area contributed by atoms with Crippen LogP contribution in [0.25, 0.3) is 0 Å². The molecule has 1 saturated heterocycles. The summed E-state index contributed by atoms with van der Waals surface area (Å²) in [4.78, 5) is 20.6. The maximum absolute atomic E-state index is 12.1. The second kappa shape index (κ2) is 12.5. The molecule has 1 fully saturated rings. The number of likely N-dealkylation sites (tertiary alicyclic amines) is 1. The average molecular weight is 418 g/mol. The summed E-state index contributed by atoms with van der Waals surface area (Å²) in [5.41, 5.74) is 1.87. The van der Waals surface area contributed by atoms with Crippen molar-refractivity contribution in [2.45, 2.75) is 45.3 Å². The SMILES string of the molecule is CN=C(NCCc1cccc(C(=O)N(C)C)c1)NC1CCN(CCOC(C)C)CC1. The molecule has 2 rings (SSSR count). The molecule has 0 saturated carbocycles. The Labute approximate surface area is 181 Å². The smallest absolute Gasteiger partial charge is 0.253 e. The average Bonchev–Trinajstić information content (AvgIpc) is 2.73. The van der Waals surface area contributed by atoms with Crippen molar-refractivity contribution >= 4 is 11.9 Å². The summed E-state index contributed by atoms with van der Waals surface area (Å²) >= 11 is 0. The van der Waals surface area contributed by atoms with E-state index in [2.05, 4.69) is 40.4 Å². The third kappa shape index (κ3) is 8.32. The number of rotatable bonds is 9. The Bertz CT molecular complexity index is 682. The van der Waals surface area contributed by atoms with Crippen LogP contribution >= 0.6 is 0 Å². The Balaban J connectivity index is 1.71. The number of hydrogen-bond donors (Lipinski definition) is 2. The number of aliphatic imine (C=N–C) groups is 1. The van der Waals surface area contributed by atoms with Crippen LogP contribution in [0.1, 0.15) is 42.6 Å². The largest absolute Gasteiger partial charge is 0.377 e. The van der Waals surface area contributed by atoms with Gasteiger partial charge in [-0.05, 0) is 50.8 Å². The molecule has 0 radical (unpaired) electrons. The van der Waals surface area contributed by atoms with Crippen LogP contribution in [0.15, 0.2) is 29.3 Å². The summed E-state index contributed by atoms with van der Waals surface area (Å²) in [6, 6.07) is 8.28. The second-order valence-electron chi connectivity index (χ2n) is 8.33. The molecule has 0 atom stereocenters. The zero-order valence-corrected chi connectivity index (χ0v) is 19.3. The predicted molar refractivity (Wildman–Crippen MR) is 123 cm³/mol. The second-order valence-corrected chi connectivity index (χ2v) is 8.33. The van der Waals surface area contributed by atoms with Crippen LogP contribution in [0.4, 0.5) is 0 Å². The van der Waals surface area contributed by atoms with E-state index in [1.165, 1.54) is 0 Å². The summed E-state index contributed by atoms with van der Waals surface area (Å²) < 4.78 is 5.66. The number of amides is 1. The van der Waals surface area contributed by atoms with E-state index >= 15 is 0 Å². The molecule has 0 spiro atoms. The fraction of sp³-hybridized carbons (Fsp3) is 0.652. The van der Waals surface area contributed by atoms with E-state index in [1.54, 1.807) is 19.0 Å². The van der Waals surface area contributed by atoms with Crippen LogP contribution in [0, 0.1) is 0 Å². The molecule has 0 aliphatic carbocycles. The van der Waals surface area contributed by atoms with E-state index in [9.17, 15) is 4.79 Å². The van der Waals surface area contributed by atoms with E-state index < -0.39 is 0 Å². The highest BCUT2D eigenvalue weighted by Crippen LogP contribution is 2.10. The first-order valence-corrected chi connectivity index (χ1v) is 11.0. The number of carbonyl (C=O) groups is 1. The third-order valence-corrected chi connectivity index (χ3v) is 5.30. The van der Waals surface area contributed by atoms with Crippen molar-refractivity contribution in [3.8, 4) is 0 Å². The zero-order chi connectivity index (χ0) is 21.9. The van der Waals surface area contributed by atoms with Crippen LogP contribution in [0.5, 0.6) is 0 Å². The third-order valence-electron chi connectivity index (χ3n) is 5.30. The molecular weight excluding hydrogens is 378 g/mol. The molecule has 1 aliphatic heterocycles. The topological polar surface area (TPSA) is 69.2 Å². The molecule has 7 heteroatoms. The Morgan fingerprint density at radius 3 is 2.67 bits per heavy atom. The lowest BCUT2D eigenvalue weighted by atomic mass is 10.1. The van der Waals surface area contributed by atoms with Crippen LogP contribution in [-0.2, 0) is 11.2 Å². The maximum atomic E-state index is 12.1. The van der Waals surface area contributed by atoms with Gasteiger partial charge in [0.1, 0.15) is 0 Å². The van der Waals surface area contributed by atoms with Gasteiger partial charge in [0.05, 0.1) is 12.7 Å². The Morgan fingerprint density at radius 1 is 1.30 bits per heavy atom. The lowest BCUT2D eigenvalue weighted by Crippen LogP contribution is -2.49. The van der Waals surface area contributed by atoms with Crippen LogP contribution in [0.3, 0.4) is 0 Å². The van der Waals surface area contributed by atoms with E-state index in [0.29, 0.717) is 12.1 Å². The highest BCUT2D eigenvalue weighted by atomic mass is 16.5. The Kier molecular flexibility index (Phi) is 10.1. The zero-order valence-electron chi connectivity index (χ0n) is 19.3. The molecule has 1 heterocycles. The minimum absolute atomic E-state index is 0.0318. The van der Waals surface area contributed by atoms with Gasteiger partial charge >= 0.3 is 0 Å². The summed E-state index contributed by atoms with van der Waals surface area (Å²) in [7, 11) is 5.36. The molecule has 1 aliphatic rings. The van der Waals surface area contributed by atoms with Gasteiger partial charge in [-0.25, -0.2) is 0 Å². The van der Waals surface area contributed by atoms with Gasteiger partial charge in [-0.2, -0.15) is 0 Å². The summed E-state index contributed by atoms with van der Waals surface area (Å²) in [6.07, 6.45) is 3.35. The maximum Gasteiger partial charge on any atom is 0.253 e. The van der Waals surface area contributed by atoms with Crippen molar-refractivity contribution in [1.82, 2.24) is 20.4 Å². The van der Waals surface area contributed by atoms with Crippen molar-refractivity contribution in [1.29, 1.82) is 0 Å². The predicted octanol–water partition coefficient (Wildman–Crippen LogP) is 1.99. The molecule has 1 aromatic rings. The number of guanidine groups is 1. The molecule has 1 aromatic carbocycles. The van der Waals surface area contributed by atoms with E-state index in [-0.39, 0.29) is 5.91 Å². The van der Waals surface area contributed by atoms with Gasteiger partial charge in [0.15, 0.2) is 5.96 Å². The lowest BCUT2D eigenvalue weighted by molar-refractivity contribution is 0.0532. The number of carbonyl (C=O) groups excluding carboxylic acids is 1. The molecule has 7 nitrogen and oxygen atoms in total.